The Morgan fingerprint density at radius 1 is 1.03 bits per heavy atom. The molecule has 3 heterocycles. The summed E-state index contributed by atoms with van der Waals surface area (Å²) in [4.78, 5) is 32.6. The van der Waals surface area contributed by atoms with E-state index in [4.69, 9.17) is 9.72 Å². The Balaban J connectivity index is 1.70. The van der Waals surface area contributed by atoms with Crippen LogP contribution < -0.4 is 11.2 Å². The summed E-state index contributed by atoms with van der Waals surface area (Å²) in [7, 11) is 3.20. The Hall–Kier alpha value is -2.71. The van der Waals surface area contributed by atoms with Crippen LogP contribution in [0.5, 0.6) is 0 Å². The molecule has 0 bridgehead atoms. The topological polar surface area (TPSA) is 74.3 Å². The van der Waals surface area contributed by atoms with Crippen molar-refractivity contribution in [2.24, 2.45) is 14.1 Å². The molecule has 4 rings (SSSR count). The highest BCUT2D eigenvalue weighted by Gasteiger charge is 2.25. The fraction of sp³-hybridized carbons (Fsp3) is 0.522. The molecular formula is C23H31N5O3. The van der Waals surface area contributed by atoms with E-state index in [2.05, 4.69) is 30.9 Å². The van der Waals surface area contributed by atoms with E-state index in [-0.39, 0.29) is 23.5 Å². The van der Waals surface area contributed by atoms with E-state index in [9.17, 15) is 9.59 Å². The summed E-state index contributed by atoms with van der Waals surface area (Å²) in [6.07, 6.45) is 2.09. The molecule has 3 aromatic rings. The molecule has 31 heavy (non-hydrogen) atoms. The summed E-state index contributed by atoms with van der Waals surface area (Å²) >= 11 is 0. The summed E-state index contributed by atoms with van der Waals surface area (Å²) in [6.45, 7) is 7.07. The highest BCUT2D eigenvalue weighted by molar-refractivity contribution is 5.71. The van der Waals surface area contributed by atoms with E-state index >= 15 is 0 Å². The van der Waals surface area contributed by atoms with Crippen LogP contribution in [0.25, 0.3) is 11.2 Å². The van der Waals surface area contributed by atoms with Crippen molar-refractivity contribution in [3.8, 4) is 0 Å². The summed E-state index contributed by atoms with van der Waals surface area (Å²) < 4.78 is 10.5. The van der Waals surface area contributed by atoms with E-state index in [0.29, 0.717) is 24.3 Å². The van der Waals surface area contributed by atoms with E-state index < -0.39 is 0 Å². The van der Waals surface area contributed by atoms with Crippen molar-refractivity contribution in [1.29, 1.82) is 0 Å². The molecule has 166 valence electrons. The number of benzene rings is 1. The molecule has 1 aliphatic rings. The molecule has 0 spiro atoms. The summed E-state index contributed by atoms with van der Waals surface area (Å²) in [5.41, 5.74) is 1.58. The summed E-state index contributed by atoms with van der Waals surface area (Å²) in [5.74, 6) is 0.822. The van der Waals surface area contributed by atoms with Crippen molar-refractivity contribution < 1.29 is 4.74 Å². The number of fused-ring (bicyclic) bond motifs is 1. The molecule has 8 heteroatoms. The van der Waals surface area contributed by atoms with Gasteiger partial charge in [0, 0.05) is 33.7 Å². The highest BCUT2D eigenvalue weighted by atomic mass is 16.5. The number of ether oxygens (including phenoxy) is 1. The lowest BCUT2D eigenvalue weighted by atomic mass is 10.1. The van der Waals surface area contributed by atoms with E-state index in [1.165, 1.54) is 21.7 Å². The molecule has 1 aliphatic heterocycles. The number of hydrogen-bond acceptors (Lipinski definition) is 5. The molecule has 8 nitrogen and oxygen atoms in total. The second-order valence-electron chi connectivity index (χ2n) is 8.60. The number of rotatable bonds is 6. The fourth-order valence-electron chi connectivity index (χ4n) is 4.55. The molecule has 1 saturated heterocycles. The van der Waals surface area contributed by atoms with Gasteiger partial charge in [-0.25, -0.2) is 9.78 Å². The van der Waals surface area contributed by atoms with Gasteiger partial charge in [-0.05, 0) is 32.3 Å². The van der Waals surface area contributed by atoms with Crippen molar-refractivity contribution in [3.05, 3.63) is 62.6 Å². The number of nitrogens with zero attached hydrogens (tertiary/aromatic N) is 5. The third kappa shape index (κ3) is 4.36. The lowest BCUT2D eigenvalue weighted by Crippen LogP contribution is -2.45. The van der Waals surface area contributed by atoms with Gasteiger partial charge in [-0.1, -0.05) is 30.3 Å². The van der Waals surface area contributed by atoms with Crippen LogP contribution in [0.1, 0.15) is 31.7 Å². The predicted molar refractivity (Wildman–Crippen MR) is 120 cm³/mol. The Morgan fingerprint density at radius 2 is 1.71 bits per heavy atom. The van der Waals surface area contributed by atoms with E-state index in [1.54, 1.807) is 7.05 Å². The van der Waals surface area contributed by atoms with Crippen molar-refractivity contribution in [3.63, 3.8) is 0 Å². The molecule has 1 aromatic carbocycles. The van der Waals surface area contributed by atoms with Crippen molar-refractivity contribution in [2.45, 2.75) is 52.0 Å². The minimum atomic E-state index is -0.355. The zero-order valence-electron chi connectivity index (χ0n) is 18.7. The maximum Gasteiger partial charge on any atom is 0.332 e. The lowest BCUT2D eigenvalue weighted by Gasteiger charge is -2.35. The second-order valence-corrected chi connectivity index (χ2v) is 8.60. The fourth-order valence-corrected chi connectivity index (χ4v) is 4.55. The van der Waals surface area contributed by atoms with Crippen LogP contribution >= 0.6 is 0 Å². The molecular weight excluding hydrogens is 394 g/mol. The van der Waals surface area contributed by atoms with Gasteiger partial charge < -0.3 is 9.30 Å². The first kappa shape index (κ1) is 21.5. The molecule has 0 amide bonds. The Kier molecular flexibility index (Phi) is 6.11. The minimum absolute atomic E-state index is 0.150. The van der Waals surface area contributed by atoms with Crippen LogP contribution in [-0.2, 0) is 38.3 Å². The van der Waals surface area contributed by atoms with Gasteiger partial charge >= 0.3 is 5.69 Å². The zero-order valence-corrected chi connectivity index (χ0v) is 18.7. The summed E-state index contributed by atoms with van der Waals surface area (Å²) in [6, 6.07) is 10.3. The molecule has 0 radical (unpaired) electrons. The van der Waals surface area contributed by atoms with Gasteiger partial charge in [0.15, 0.2) is 11.2 Å². The van der Waals surface area contributed by atoms with Crippen molar-refractivity contribution in [1.82, 2.24) is 23.6 Å². The monoisotopic (exact) mass is 425 g/mol. The van der Waals surface area contributed by atoms with E-state index in [1.807, 2.05) is 22.8 Å². The Morgan fingerprint density at radius 3 is 2.39 bits per heavy atom. The summed E-state index contributed by atoms with van der Waals surface area (Å²) in [5, 5.41) is 0. The molecule has 2 aromatic heterocycles. The average molecular weight is 426 g/mol. The Bertz CT molecular complexity index is 1170. The standard InChI is InChI=1S/C23H31N5O3/c1-16-13-27(14-17(2)31-16)15-19-24-21-20(22(29)26(4)23(30)25(21)3)28(19)12-8-11-18-9-6-5-7-10-18/h5-7,9-10,16-17H,8,11-15H2,1-4H3/t16-,17-/m0/s1. The number of aryl methyl sites for hydroxylation is 3. The van der Waals surface area contributed by atoms with E-state index in [0.717, 1.165) is 31.8 Å². The van der Waals surface area contributed by atoms with Crippen LogP contribution in [0, 0.1) is 0 Å². The number of imidazole rings is 1. The van der Waals surface area contributed by atoms with Crippen LogP contribution in [0.4, 0.5) is 0 Å². The minimum Gasteiger partial charge on any atom is -0.373 e. The normalized spacial score (nSPS) is 19.9. The van der Waals surface area contributed by atoms with Crippen LogP contribution in [0.2, 0.25) is 0 Å². The van der Waals surface area contributed by atoms with Gasteiger partial charge in [0.05, 0.1) is 18.8 Å². The van der Waals surface area contributed by atoms with Gasteiger partial charge in [0.25, 0.3) is 5.56 Å². The maximum atomic E-state index is 13.0. The van der Waals surface area contributed by atoms with Gasteiger partial charge in [0.1, 0.15) is 5.82 Å². The maximum absolute atomic E-state index is 13.0. The van der Waals surface area contributed by atoms with Crippen LogP contribution in [0.3, 0.4) is 0 Å². The predicted octanol–water partition coefficient (Wildman–Crippen LogP) is 1.68. The highest BCUT2D eigenvalue weighted by Crippen LogP contribution is 2.18. The first-order valence-corrected chi connectivity index (χ1v) is 10.9. The first-order valence-electron chi connectivity index (χ1n) is 10.9. The smallest absolute Gasteiger partial charge is 0.332 e. The lowest BCUT2D eigenvalue weighted by molar-refractivity contribution is -0.0712. The number of aromatic nitrogens is 4. The molecule has 2 atom stereocenters. The van der Waals surface area contributed by atoms with Crippen LogP contribution in [-0.4, -0.2) is 48.9 Å². The van der Waals surface area contributed by atoms with Crippen LogP contribution in [0.15, 0.2) is 39.9 Å². The molecule has 0 aliphatic carbocycles. The van der Waals surface area contributed by atoms with Gasteiger partial charge in [0.2, 0.25) is 0 Å². The largest absolute Gasteiger partial charge is 0.373 e. The van der Waals surface area contributed by atoms with Gasteiger partial charge in [-0.3, -0.25) is 18.8 Å². The second kappa shape index (κ2) is 8.80. The number of hydrogen-bond donors (Lipinski definition) is 0. The third-order valence-electron chi connectivity index (χ3n) is 5.98. The van der Waals surface area contributed by atoms with Crippen molar-refractivity contribution in [2.75, 3.05) is 13.1 Å². The van der Waals surface area contributed by atoms with Crippen molar-refractivity contribution >= 4 is 11.2 Å². The van der Waals surface area contributed by atoms with Gasteiger partial charge in [-0.15, -0.1) is 0 Å². The molecule has 1 fully saturated rings. The molecule has 0 N–H and O–H groups in total. The number of morpholine rings is 1. The quantitative estimate of drug-likeness (QED) is 0.601. The first-order chi connectivity index (χ1) is 14.8. The zero-order chi connectivity index (χ0) is 22.1. The Labute approximate surface area is 181 Å². The molecule has 0 saturated carbocycles. The third-order valence-corrected chi connectivity index (χ3v) is 5.98. The molecule has 0 unspecified atom stereocenters. The van der Waals surface area contributed by atoms with Gasteiger partial charge in [-0.2, -0.15) is 0 Å². The SMILES string of the molecule is C[C@H]1CN(Cc2nc3c(c(=O)n(C)c(=O)n3C)n2CCCc2ccccc2)C[C@H](C)O1. The average Bonchev–Trinajstić information content (AvgIpc) is 3.09.